The molecular formula is C24H54N6. The molecule has 1 saturated heterocycles. The predicted molar refractivity (Wildman–Crippen MR) is 131 cm³/mol. The first kappa shape index (κ1) is 27.8. The fourth-order valence-corrected chi connectivity index (χ4v) is 6.14. The van der Waals surface area contributed by atoms with Gasteiger partial charge < -0.3 is 4.90 Å². The van der Waals surface area contributed by atoms with Gasteiger partial charge in [-0.2, -0.15) is 5.53 Å². The van der Waals surface area contributed by atoms with Crippen LogP contribution in [0.4, 0.5) is 0 Å². The molecule has 0 aromatic rings. The summed E-state index contributed by atoms with van der Waals surface area (Å²) < 4.78 is 0. The second-order valence-electron chi connectivity index (χ2n) is 8.63. The Morgan fingerprint density at radius 3 is 1.07 bits per heavy atom. The highest BCUT2D eigenvalue weighted by Gasteiger charge is 2.46. The molecule has 6 heteroatoms. The lowest BCUT2D eigenvalue weighted by atomic mass is 9.75. The van der Waals surface area contributed by atoms with Gasteiger partial charge in [-0.25, -0.2) is 10.9 Å². The van der Waals surface area contributed by atoms with Crippen LogP contribution in [0.3, 0.4) is 0 Å². The van der Waals surface area contributed by atoms with Crippen molar-refractivity contribution in [3.05, 3.63) is 0 Å². The number of nitrogens with zero attached hydrogens (tertiary/aromatic N) is 3. The summed E-state index contributed by atoms with van der Waals surface area (Å²) in [5.41, 5.74) is 10.9. The standard InChI is InChI=1S/C24H54N6/c1-10-19(28(13-4)14-5)22-23(20(11-2)29(15-6)16-7)25-27-26-24(22)21(12-3)30(17-8)18-9/h19-27H,10-18H2,1-9H3. The van der Waals surface area contributed by atoms with Crippen molar-refractivity contribution in [2.75, 3.05) is 39.3 Å². The zero-order chi connectivity index (χ0) is 22.7. The van der Waals surface area contributed by atoms with Crippen LogP contribution in [0.1, 0.15) is 81.6 Å². The van der Waals surface area contributed by atoms with Crippen molar-refractivity contribution in [2.24, 2.45) is 5.92 Å². The van der Waals surface area contributed by atoms with Crippen molar-refractivity contribution < 1.29 is 0 Å². The van der Waals surface area contributed by atoms with Gasteiger partial charge in [-0.1, -0.05) is 62.3 Å². The van der Waals surface area contributed by atoms with Gasteiger partial charge in [-0.15, -0.1) is 0 Å². The van der Waals surface area contributed by atoms with Gasteiger partial charge in [-0.05, 0) is 58.5 Å². The molecular weight excluding hydrogens is 372 g/mol. The van der Waals surface area contributed by atoms with E-state index in [0.29, 0.717) is 36.1 Å². The minimum absolute atomic E-state index is 0.413. The monoisotopic (exact) mass is 426 g/mol. The summed E-state index contributed by atoms with van der Waals surface area (Å²) in [6.07, 6.45) is 3.52. The summed E-state index contributed by atoms with van der Waals surface area (Å²) in [6, 6.07) is 2.45. The average molecular weight is 427 g/mol. The molecule has 30 heavy (non-hydrogen) atoms. The first-order valence-corrected chi connectivity index (χ1v) is 13.0. The third-order valence-electron chi connectivity index (χ3n) is 7.68. The molecule has 1 rings (SSSR count). The van der Waals surface area contributed by atoms with E-state index in [1.807, 2.05) is 0 Å². The molecule has 0 saturated carbocycles. The van der Waals surface area contributed by atoms with Gasteiger partial charge in [-0.3, -0.25) is 9.80 Å². The summed E-state index contributed by atoms with van der Waals surface area (Å²) in [4.78, 5) is 8.01. The molecule has 180 valence electrons. The highest BCUT2D eigenvalue weighted by molar-refractivity contribution is 5.04. The van der Waals surface area contributed by atoms with Gasteiger partial charge >= 0.3 is 0 Å². The Balaban J connectivity index is 3.47. The summed E-state index contributed by atoms with van der Waals surface area (Å²) in [7, 11) is 0. The molecule has 3 N–H and O–H groups in total. The molecule has 5 atom stereocenters. The van der Waals surface area contributed by atoms with Gasteiger partial charge in [0.25, 0.3) is 0 Å². The summed E-state index contributed by atoms with van der Waals surface area (Å²) in [6.45, 7) is 27.6. The van der Waals surface area contributed by atoms with E-state index < -0.39 is 0 Å². The lowest BCUT2D eigenvalue weighted by Crippen LogP contribution is -2.76. The van der Waals surface area contributed by atoms with Gasteiger partial charge in [0.2, 0.25) is 0 Å². The smallest absolute Gasteiger partial charge is 0.0440 e. The van der Waals surface area contributed by atoms with E-state index in [0.717, 1.165) is 39.3 Å². The molecule has 1 heterocycles. The molecule has 6 nitrogen and oxygen atoms in total. The number of rotatable bonds is 15. The van der Waals surface area contributed by atoms with Gasteiger partial charge in [0.15, 0.2) is 0 Å². The van der Waals surface area contributed by atoms with Crippen LogP contribution in [0.25, 0.3) is 0 Å². The van der Waals surface area contributed by atoms with E-state index in [1.54, 1.807) is 0 Å². The normalized spacial score (nSPS) is 25.8. The molecule has 0 radical (unpaired) electrons. The van der Waals surface area contributed by atoms with Crippen LogP contribution in [0.15, 0.2) is 0 Å². The van der Waals surface area contributed by atoms with Crippen molar-refractivity contribution in [1.29, 1.82) is 0 Å². The zero-order valence-electron chi connectivity index (χ0n) is 21.7. The molecule has 1 aliphatic heterocycles. The van der Waals surface area contributed by atoms with Crippen LogP contribution in [0, 0.1) is 5.92 Å². The minimum Gasteiger partial charge on any atom is -0.301 e. The maximum atomic E-state index is 3.72. The molecule has 0 spiro atoms. The molecule has 1 aliphatic rings. The van der Waals surface area contributed by atoms with E-state index >= 15 is 0 Å². The highest BCUT2D eigenvalue weighted by atomic mass is 15.6. The van der Waals surface area contributed by atoms with Crippen LogP contribution in [0.5, 0.6) is 0 Å². The molecule has 1 fully saturated rings. The molecule has 5 unspecified atom stereocenters. The molecule has 0 aliphatic carbocycles. The molecule has 0 aromatic carbocycles. The van der Waals surface area contributed by atoms with Crippen LogP contribution in [-0.2, 0) is 0 Å². The highest BCUT2D eigenvalue weighted by Crippen LogP contribution is 2.31. The largest absolute Gasteiger partial charge is 0.301 e. The Hall–Kier alpha value is -0.240. The van der Waals surface area contributed by atoms with Crippen LogP contribution < -0.4 is 16.4 Å². The number of nitrogens with one attached hydrogen (secondary N) is 3. The quantitative estimate of drug-likeness (QED) is 0.373. The molecule has 0 aromatic heterocycles. The van der Waals surface area contributed by atoms with E-state index in [9.17, 15) is 0 Å². The van der Waals surface area contributed by atoms with Crippen LogP contribution >= 0.6 is 0 Å². The number of hydrazine groups is 2. The fourth-order valence-electron chi connectivity index (χ4n) is 6.14. The Kier molecular flexibility index (Phi) is 13.7. The van der Waals surface area contributed by atoms with Gasteiger partial charge in [0.1, 0.15) is 0 Å². The topological polar surface area (TPSA) is 45.8 Å². The summed E-state index contributed by atoms with van der Waals surface area (Å²) in [5, 5.41) is 0. The van der Waals surface area contributed by atoms with Crippen molar-refractivity contribution in [2.45, 2.75) is 112 Å². The second kappa shape index (κ2) is 14.8. The predicted octanol–water partition coefficient (Wildman–Crippen LogP) is 3.31. The van der Waals surface area contributed by atoms with Crippen molar-refractivity contribution >= 4 is 0 Å². The third kappa shape index (κ3) is 6.39. The summed E-state index contributed by atoms with van der Waals surface area (Å²) >= 11 is 0. The second-order valence-corrected chi connectivity index (χ2v) is 8.63. The van der Waals surface area contributed by atoms with E-state index in [1.165, 1.54) is 19.3 Å². The molecule has 0 bridgehead atoms. The first-order chi connectivity index (χ1) is 14.5. The fraction of sp³-hybridized carbons (Fsp3) is 1.00. The van der Waals surface area contributed by atoms with E-state index in [4.69, 9.17) is 0 Å². The van der Waals surface area contributed by atoms with Gasteiger partial charge in [0.05, 0.1) is 0 Å². The Morgan fingerprint density at radius 2 is 0.800 bits per heavy atom. The van der Waals surface area contributed by atoms with E-state index in [2.05, 4.69) is 93.4 Å². The number of hydrogen-bond acceptors (Lipinski definition) is 6. The van der Waals surface area contributed by atoms with E-state index in [-0.39, 0.29) is 0 Å². The maximum Gasteiger partial charge on any atom is 0.0440 e. The zero-order valence-corrected chi connectivity index (χ0v) is 21.7. The third-order valence-corrected chi connectivity index (χ3v) is 7.68. The van der Waals surface area contributed by atoms with Crippen molar-refractivity contribution in [3.8, 4) is 0 Å². The molecule has 0 amide bonds. The SMILES string of the molecule is CCC(C1NNNC(C(CC)N(CC)CC)C1C(CC)N(CC)CC)N(CC)CC. The lowest BCUT2D eigenvalue weighted by Gasteiger charge is -2.53. The lowest BCUT2D eigenvalue weighted by molar-refractivity contribution is -0.0164. The average Bonchev–Trinajstić information content (AvgIpc) is 2.79. The van der Waals surface area contributed by atoms with Crippen molar-refractivity contribution in [1.82, 2.24) is 31.1 Å². The minimum atomic E-state index is 0.413. The first-order valence-electron chi connectivity index (χ1n) is 13.0. The Labute approximate surface area is 188 Å². The van der Waals surface area contributed by atoms with Crippen molar-refractivity contribution in [3.63, 3.8) is 0 Å². The number of likely N-dealkylation sites (N-methyl/N-ethyl adjacent to an activating group) is 2. The number of hydrogen-bond donors (Lipinski definition) is 3. The maximum absolute atomic E-state index is 3.72. The van der Waals surface area contributed by atoms with Gasteiger partial charge in [0, 0.05) is 36.1 Å². The van der Waals surface area contributed by atoms with Crippen LogP contribution in [-0.4, -0.2) is 84.2 Å². The summed E-state index contributed by atoms with van der Waals surface area (Å²) in [5.74, 6) is 0.534. The Morgan fingerprint density at radius 1 is 0.500 bits per heavy atom. The Bertz CT molecular complexity index is 394. The van der Waals surface area contributed by atoms with Crippen LogP contribution in [0.2, 0.25) is 0 Å².